The van der Waals surface area contributed by atoms with Gasteiger partial charge in [0.1, 0.15) is 6.04 Å². The second kappa shape index (κ2) is 6.22. The normalized spacial score (nSPS) is 12.9. The van der Waals surface area contributed by atoms with E-state index in [1.165, 1.54) is 7.11 Å². The number of benzene rings is 1. The van der Waals surface area contributed by atoms with Gasteiger partial charge in [-0.2, -0.15) is 0 Å². The molecule has 0 aliphatic rings. The second-order valence-electron chi connectivity index (χ2n) is 6.28. The van der Waals surface area contributed by atoms with E-state index in [4.69, 9.17) is 4.74 Å². The molecule has 2 rings (SSSR count). The highest BCUT2D eigenvalue weighted by Crippen LogP contribution is 2.28. The number of methoxy groups -OCH3 is 1. The fraction of sp³-hybridized carbons (Fsp3) is 0.412. The van der Waals surface area contributed by atoms with E-state index in [2.05, 4.69) is 36.7 Å². The summed E-state index contributed by atoms with van der Waals surface area (Å²) in [5.74, 6) is -0.445. The number of nitrogens with one attached hydrogen (secondary N) is 1. The summed E-state index contributed by atoms with van der Waals surface area (Å²) < 4.78 is 6.94. The van der Waals surface area contributed by atoms with Crippen molar-refractivity contribution in [2.24, 2.45) is 0 Å². The zero-order valence-corrected chi connectivity index (χ0v) is 13.4. The third-order valence-electron chi connectivity index (χ3n) is 3.70. The first-order chi connectivity index (χ1) is 10.4. The molecule has 1 aromatic heterocycles. The van der Waals surface area contributed by atoms with Crippen LogP contribution in [0.5, 0.6) is 0 Å². The van der Waals surface area contributed by atoms with Gasteiger partial charge < -0.3 is 14.6 Å². The van der Waals surface area contributed by atoms with Gasteiger partial charge in [-0.15, -0.1) is 0 Å². The summed E-state index contributed by atoms with van der Waals surface area (Å²) in [4.78, 5) is 22.5. The van der Waals surface area contributed by atoms with Gasteiger partial charge in [-0.1, -0.05) is 18.2 Å². The Balaban J connectivity index is 2.47. The monoisotopic (exact) mass is 302 g/mol. The van der Waals surface area contributed by atoms with Crippen molar-refractivity contribution < 1.29 is 14.3 Å². The minimum absolute atomic E-state index is 0.0727. The highest BCUT2D eigenvalue weighted by molar-refractivity contribution is 5.86. The molecular weight excluding hydrogens is 280 g/mol. The second-order valence-corrected chi connectivity index (χ2v) is 6.28. The zero-order chi connectivity index (χ0) is 16.3. The maximum atomic E-state index is 11.8. The lowest BCUT2D eigenvalue weighted by Crippen LogP contribution is -2.38. The molecule has 5 nitrogen and oxygen atoms in total. The number of carbonyl (C=O) groups is 2. The summed E-state index contributed by atoms with van der Waals surface area (Å²) in [5.41, 5.74) is 2.05. The standard InChI is InChI=1S/C17H22N2O3/c1-17(2,3)19-10-12(13-7-5-6-8-15(13)19)9-14(18-11-20)16(21)22-4/h5-8,10-11,14H,9H2,1-4H3,(H,18,20)/t14-/m0/s1. The Kier molecular flexibility index (Phi) is 4.54. The smallest absolute Gasteiger partial charge is 0.328 e. The minimum Gasteiger partial charge on any atom is -0.467 e. The lowest BCUT2D eigenvalue weighted by atomic mass is 10.1. The number of hydrogen-bond acceptors (Lipinski definition) is 3. The number of hydrogen-bond donors (Lipinski definition) is 1. The van der Waals surface area contributed by atoms with Crippen LogP contribution in [0.25, 0.3) is 10.9 Å². The van der Waals surface area contributed by atoms with Crippen molar-refractivity contribution in [3.63, 3.8) is 0 Å². The third-order valence-corrected chi connectivity index (χ3v) is 3.70. The highest BCUT2D eigenvalue weighted by atomic mass is 16.5. The summed E-state index contributed by atoms with van der Waals surface area (Å²) in [5, 5.41) is 3.61. The minimum atomic E-state index is -0.679. The van der Waals surface area contributed by atoms with Crippen LogP contribution in [0.4, 0.5) is 0 Å². The number of carbonyl (C=O) groups excluding carboxylic acids is 2. The summed E-state index contributed by atoms with van der Waals surface area (Å²) in [6.45, 7) is 6.39. The number of nitrogens with zero attached hydrogens (tertiary/aromatic N) is 1. The van der Waals surface area contributed by atoms with E-state index in [0.29, 0.717) is 12.8 Å². The molecule has 1 atom stereocenters. The van der Waals surface area contributed by atoms with E-state index in [1.807, 2.05) is 24.4 Å². The molecule has 1 amide bonds. The van der Waals surface area contributed by atoms with E-state index in [-0.39, 0.29) is 5.54 Å². The van der Waals surface area contributed by atoms with Gasteiger partial charge in [0.2, 0.25) is 6.41 Å². The molecular formula is C17H22N2O3. The van der Waals surface area contributed by atoms with Crippen LogP contribution in [0, 0.1) is 0 Å². The Hall–Kier alpha value is -2.30. The molecule has 22 heavy (non-hydrogen) atoms. The van der Waals surface area contributed by atoms with Gasteiger partial charge >= 0.3 is 5.97 Å². The van der Waals surface area contributed by atoms with Gasteiger partial charge in [0, 0.05) is 29.1 Å². The highest BCUT2D eigenvalue weighted by Gasteiger charge is 2.23. The predicted octanol–water partition coefficient (Wildman–Crippen LogP) is 2.23. The van der Waals surface area contributed by atoms with Gasteiger partial charge in [-0.05, 0) is 32.4 Å². The van der Waals surface area contributed by atoms with Gasteiger partial charge in [0.05, 0.1) is 7.11 Å². The number of esters is 1. The fourth-order valence-corrected chi connectivity index (χ4v) is 2.62. The quantitative estimate of drug-likeness (QED) is 0.680. The van der Waals surface area contributed by atoms with Crippen LogP contribution < -0.4 is 5.32 Å². The van der Waals surface area contributed by atoms with Crippen LogP contribution in [0.3, 0.4) is 0 Å². The topological polar surface area (TPSA) is 60.3 Å². The van der Waals surface area contributed by atoms with Gasteiger partial charge in [-0.25, -0.2) is 4.79 Å². The van der Waals surface area contributed by atoms with Crippen molar-refractivity contribution in [2.45, 2.75) is 38.8 Å². The summed E-state index contributed by atoms with van der Waals surface area (Å²) in [6, 6.07) is 7.38. The molecule has 1 heterocycles. The summed E-state index contributed by atoms with van der Waals surface area (Å²) in [7, 11) is 1.32. The SMILES string of the molecule is COC(=O)[C@H](Cc1cn(C(C)(C)C)c2ccccc12)NC=O. The first-order valence-electron chi connectivity index (χ1n) is 7.25. The Bertz CT molecular complexity index is 683. The molecule has 0 radical (unpaired) electrons. The van der Waals surface area contributed by atoms with Crippen molar-refractivity contribution in [1.29, 1.82) is 0 Å². The molecule has 0 aliphatic carbocycles. The molecule has 5 heteroatoms. The zero-order valence-electron chi connectivity index (χ0n) is 13.4. The van der Waals surface area contributed by atoms with Crippen LogP contribution in [0.1, 0.15) is 26.3 Å². The lowest BCUT2D eigenvalue weighted by Gasteiger charge is -2.22. The number of fused-ring (bicyclic) bond motifs is 1. The first kappa shape index (κ1) is 16.1. The molecule has 0 saturated heterocycles. The molecule has 1 N–H and O–H groups in total. The van der Waals surface area contributed by atoms with Crippen LogP contribution in [0.2, 0.25) is 0 Å². The average molecular weight is 302 g/mol. The van der Waals surface area contributed by atoms with E-state index < -0.39 is 12.0 Å². The van der Waals surface area contributed by atoms with E-state index >= 15 is 0 Å². The van der Waals surface area contributed by atoms with Crippen LogP contribution in [-0.2, 0) is 26.3 Å². The van der Waals surface area contributed by atoms with Crippen molar-refractivity contribution in [3.8, 4) is 0 Å². The molecule has 0 saturated carbocycles. The van der Waals surface area contributed by atoms with Crippen LogP contribution in [-0.4, -0.2) is 30.1 Å². The molecule has 1 aromatic carbocycles. The number of aromatic nitrogens is 1. The Morgan fingerprint density at radius 1 is 1.36 bits per heavy atom. The first-order valence-corrected chi connectivity index (χ1v) is 7.25. The molecule has 0 aliphatic heterocycles. The summed E-state index contributed by atoms with van der Waals surface area (Å²) >= 11 is 0. The van der Waals surface area contributed by atoms with Gasteiger partial charge in [0.25, 0.3) is 0 Å². The van der Waals surface area contributed by atoms with Crippen molar-refractivity contribution in [2.75, 3.05) is 7.11 Å². The Labute approximate surface area is 130 Å². The molecule has 0 spiro atoms. The maximum Gasteiger partial charge on any atom is 0.328 e. The fourth-order valence-electron chi connectivity index (χ4n) is 2.62. The molecule has 118 valence electrons. The molecule has 0 unspecified atom stereocenters. The van der Waals surface area contributed by atoms with Crippen molar-refractivity contribution >= 4 is 23.3 Å². The Morgan fingerprint density at radius 3 is 2.64 bits per heavy atom. The van der Waals surface area contributed by atoms with Gasteiger partial charge in [0.15, 0.2) is 0 Å². The summed E-state index contributed by atoms with van der Waals surface area (Å²) in [6.07, 6.45) is 2.98. The van der Waals surface area contributed by atoms with Crippen molar-refractivity contribution in [3.05, 3.63) is 36.0 Å². The average Bonchev–Trinajstić information content (AvgIpc) is 2.85. The number of rotatable bonds is 5. The Morgan fingerprint density at radius 2 is 2.05 bits per heavy atom. The third kappa shape index (κ3) is 3.13. The van der Waals surface area contributed by atoms with E-state index in [0.717, 1.165) is 16.5 Å². The number of ether oxygens (including phenoxy) is 1. The lowest BCUT2D eigenvalue weighted by molar-refractivity contribution is -0.144. The van der Waals surface area contributed by atoms with Crippen LogP contribution in [0.15, 0.2) is 30.5 Å². The van der Waals surface area contributed by atoms with Crippen LogP contribution >= 0.6 is 0 Å². The van der Waals surface area contributed by atoms with Gasteiger partial charge in [-0.3, -0.25) is 4.79 Å². The maximum absolute atomic E-state index is 11.8. The number of para-hydroxylation sites is 1. The molecule has 0 bridgehead atoms. The number of amides is 1. The molecule has 0 fully saturated rings. The molecule has 2 aromatic rings. The predicted molar refractivity (Wildman–Crippen MR) is 85.6 cm³/mol. The van der Waals surface area contributed by atoms with E-state index in [9.17, 15) is 9.59 Å². The largest absolute Gasteiger partial charge is 0.467 e. The van der Waals surface area contributed by atoms with E-state index in [1.54, 1.807) is 0 Å². The van der Waals surface area contributed by atoms with Crippen molar-refractivity contribution in [1.82, 2.24) is 9.88 Å².